The van der Waals surface area contributed by atoms with Crippen molar-refractivity contribution in [2.24, 2.45) is 0 Å². The Labute approximate surface area is 67.1 Å². The van der Waals surface area contributed by atoms with Gasteiger partial charge in [0.1, 0.15) is 0 Å². The Bertz CT molecular complexity index is 58.5. The molecule has 0 saturated heterocycles. The normalized spacial score (nSPS) is 10.8. The molecule has 3 nitrogen and oxygen atoms in total. The first-order chi connectivity index (χ1) is 4.85. The van der Waals surface area contributed by atoms with E-state index in [1.807, 2.05) is 20.4 Å². The maximum Gasteiger partial charge on any atom is 0.0969 e. The fourth-order valence-corrected chi connectivity index (χ4v) is 1.14. The molecule has 0 unspecified atom stereocenters. The van der Waals surface area contributed by atoms with Crippen LogP contribution in [0.15, 0.2) is 0 Å². The zero-order valence-corrected chi connectivity index (χ0v) is 7.62. The third-order valence-corrected chi connectivity index (χ3v) is 1.56. The monoisotopic (exact) mass is 164 g/mol. The maximum absolute atomic E-state index is 5.31. The van der Waals surface area contributed by atoms with Gasteiger partial charge >= 0.3 is 0 Å². The van der Waals surface area contributed by atoms with Crippen LogP contribution in [0.3, 0.4) is 0 Å². The summed E-state index contributed by atoms with van der Waals surface area (Å²) < 4.78 is 5.31. The van der Waals surface area contributed by atoms with Gasteiger partial charge in [-0.15, -0.1) is 0 Å². The Morgan fingerprint density at radius 3 is 2.10 bits per heavy atom. The lowest BCUT2D eigenvalue weighted by molar-refractivity contribution is 0.238. The fourth-order valence-electron chi connectivity index (χ4n) is 0.732. The molecule has 0 rings (SSSR count). The van der Waals surface area contributed by atoms with E-state index in [-0.39, 0.29) is 6.10 Å². The maximum atomic E-state index is 5.31. The first-order valence-corrected chi connectivity index (χ1v) is 4.48. The van der Waals surface area contributed by atoms with Gasteiger partial charge in [0.15, 0.2) is 0 Å². The van der Waals surface area contributed by atoms with E-state index in [2.05, 4.69) is 10.6 Å². The number of rotatable bonds is 6. The van der Waals surface area contributed by atoms with Crippen molar-refractivity contribution in [1.29, 1.82) is 0 Å². The van der Waals surface area contributed by atoms with Crippen molar-refractivity contribution >= 4 is 12.0 Å². The van der Waals surface area contributed by atoms with Crippen molar-refractivity contribution in [3.63, 3.8) is 0 Å². The van der Waals surface area contributed by atoms with Gasteiger partial charge in [-0.2, -0.15) is 0 Å². The predicted molar refractivity (Wildman–Crippen MR) is 46.2 cm³/mol. The molecule has 0 aliphatic heterocycles. The second-order valence-electron chi connectivity index (χ2n) is 2.00. The van der Waals surface area contributed by atoms with Gasteiger partial charge in [-0.1, -0.05) is 0 Å². The van der Waals surface area contributed by atoms with Gasteiger partial charge in [-0.25, -0.2) is 0 Å². The lowest BCUT2D eigenvalue weighted by atomic mass is 10.3. The minimum absolute atomic E-state index is 0.269. The van der Waals surface area contributed by atoms with Gasteiger partial charge < -0.3 is 14.8 Å². The highest BCUT2D eigenvalue weighted by Crippen LogP contribution is 2.00. The molecule has 4 heteroatoms. The smallest absolute Gasteiger partial charge is 0.0969 e. The summed E-state index contributed by atoms with van der Waals surface area (Å²) in [5, 5.41) is 6.12. The molecule has 0 bridgehead atoms. The summed E-state index contributed by atoms with van der Waals surface area (Å²) in [6.07, 6.45) is 2.20. The van der Waals surface area contributed by atoms with Gasteiger partial charge in [0.05, 0.1) is 6.10 Å². The second-order valence-corrected chi connectivity index (χ2v) is 2.53. The van der Waals surface area contributed by atoms with Crippen LogP contribution in [0.4, 0.5) is 0 Å². The summed E-state index contributed by atoms with van der Waals surface area (Å²) in [6, 6.07) is 0. The SMILES string of the molecule is CNCC(CNC)OSC. The zero-order valence-electron chi connectivity index (χ0n) is 6.81. The Balaban J connectivity index is 3.30. The Hall–Kier alpha value is 0.230. The molecule has 0 radical (unpaired) electrons. The molecule has 0 aliphatic rings. The highest BCUT2D eigenvalue weighted by atomic mass is 32.2. The molecule has 0 aromatic rings. The van der Waals surface area contributed by atoms with E-state index in [9.17, 15) is 0 Å². The molecule has 0 aromatic heterocycles. The lowest BCUT2D eigenvalue weighted by Gasteiger charge is -2.13. The zero-order chi connectivity index (χ0) is 7.82. The van der Waals surface area contributed by atoms with Crippen LogP contribution < -0.4 is 10.6 Å². The van der Waals surface area contributed by atoms with Crippen LogP contribution in [0.25, 0.3) is 0 Å². The Morgan fingerprint density at radius 1 is 1.30 bits per heavy atom. The van der Waals surface area contributed by atoms with Crippen molar-refractivity contribution in [2.45, 2.75) is 6.10 Å². The fraction of sp³-hybridized carbons (Fsp3) is 1.00. The van der Waals surface area contributed by atoms with Crippen LogP contribution in [-0.4, -0.2) is 39.5 Å². The Kier molecular flexibility index (Phi) is 7.51. The molecule has 0 aromatic carbocycles. The lowest BCUT2D eigenvalue weighted by Crippen LogP contribution is -2.33. The third kappa shape index (κ3) is 5.05. The van der Waals surface area contributed by atoms with Gasteiger partial charge in [-0.3, -0.25) is 0 Å². The molecule has 0 heterocycles. The van der Waals surface area contributed by atoms with E-state index in [0.29, 0.717) is 0 Å². The molecule has 62 valence electrons. The van der Waals surface area contributed by atoms with E-state index in [1.165, 1.54) is 12.0 Å². The van der Waals surface area contributed by atoms with Crippen LogP contribution in [-0.2, 0) is 4.18 Å². The van der Waals surface area contributed by atoms with Crippen LogP contribution in [0.5, 0.6) is 0 Å². The highest BCUT2D eigenvalue weighted by Gasteiger charge is 2.04. The van der Waals surface area contributed by atoms with Crippen molar-refractivity contribution in [1.82, 2.24) is 10.6 Å². The number of nitrogens with one attached hydrogen (secondary N) is 2. The summed E-state index contributed by atoms with van der Waals surface area (Å²) in [6.45, 7) is 1.78. The standard InChI is InChI=1S/C6H16N2OS/c1-7-4-6(5-8-2)9-10-3/h6-8H,4-5H2,1-3H3. The molecule has 2 N–H and O–H groups in total. The van der Waals surface area contributed by atoms with Crippen LogP contribution in [0, 0.1) is 0 Å². The van der Waals surface area contributed by atoms with Crippen LogP contribution >= 0.6 is 12.0 Å². The molecular weight excluding hydrogens is 148 g/mol. The Morgan fingerprint density at radius 2 is 1.80 bits per heavy atom. The summed E-state index contributed by atoms with van der Waals surface area (Å²) in [5.41, 5.74) is 0. The molecule has 0 fully saturated rings. The second kappa shape index (κ2) is 7.34. The van der Waals surface area contributed by atoms with E-state index < -0.39 is 0 Å². The largest absolute Gasteiger partial charge is 0.317 e. The molecule has 10 heavy (non-hydrogen) atoms. The summed E-state index contributed by atoms with van der Waals surface area (Å²) in [5.74, 6) is 0. The number of likely N-dealkylation sites (N-methyl/N-ethyl adjacent to an activating group) is 2. The van der Waals surface area contributed by atoms with Crippen molar-refractivity contribution < 1.29 is 4.18 Å². The first-order valence-electron chi connectivity index (χ1n) is 3.33. The van der Waals surface area contributed by atoms with Crippen LogP contribution in [0.2, 0.25) is 0 Å². The van der Waals surface area contributed by atoms with E-state index in [1.54, 1.807) is 0 Å². The number of hydrogen-bond donors (Lipinski definition) is 2. The van der Waals surface area contributed by atoms with E-state index in [4.69, 9.17) is 4.18 Å². The van der Waals surface area contributed by atoms with Crippen molar-refractivity contribution in [3.8, 4) is 0 Å². The summed E-state index contributed by atoms with van der Waals surface area (Å²) >= 11 is 1.41. The molecule has 0 atom stereocenters. The van der Waals surface area contributed by atoms with Gasteiger partial charge in [0.25, 0.3) is 0 Å². The molecular formula is C6H16N2OS. The predicted octanol–water partition coefficient (Wildman–Crippen LogP) is 0.0884. The average Bonchev–Trinajstić information content (AvgIpc) is 1.90. The van der Waals surface area contributed by atoms with Crippen LogP contribution in [0.1, 0.15) is 0 Å². The summed E-state index contributed by atoms with van der Waals surface area (Å²) in [7, 11) is 3.85. The molecule has 0 amide bonds. The van der Waals surface area contributed by atoms with Crippen molar-refractivity contribution in [3.05, 3.63) is 0 Å². The minimum Gasteiger partial charge on any atom is -0.317 e. The quantitative estimate of drug-likeness (QED) is 0.545. The topological polar surface area (TPSA) is 33.3 Å². The molecule has 0 saturated carbocycles. The highest BCUT2D eigenvalue weighted by molar-refractivity contribution is 7.93. The summed E-state index contributed by atoms with van der Waals surface area (Å²) in [4.78, 5) is 0. The molecule has 0 spiro atoms. The minimum atomic E-state index is 0.269. The van der Waals surface area contributed by atoms with Gasteiger partial charge in [0, 0.05) is 19.3 Å². The van der Waals surface area contributed by atoms with E-state index in [0.717, 1.165) is 13.1 Å². The van der Waals surface area contributed by atoms with Crippen molar-refractivity contribution in [2.75, 3.05) is 33.4 Å². The average molecular weight is 164 g/mol. The first kappa shape index (κ1) is 10.2. The number of hydrogen-bond acceptors (Lipinski definition) is 4. The third-order valence-electron chi connectivity index (χ3n) is 1.10. The molecule has 0 aliphatic carbocycles. The van der Waals surface area contributed by atoms with Gasteiger partial charge in [0.2, 0.25) is 0 Å². The van der Waals surface area contributed by atoms with E-state index >= 15 is 0 Å². The van der Waals surface area contributed by atoms with Gasteiger partial charge in [-0.05, 0) is 26.1 Å².